The summed E-state index contributed by atoms with van der Waals surface area (Å²) in [5, 5.41) is 22.5. The molecule has 98 valence electrons. The maximum Gasteiger partial charge on any atom is 0.226 e. The normalized spacial score (nSPS) is 10.2. The van der Waals surface area contributed by atoms with Crippen molar-refractivity contribution < 1.29 is 0 Å². The van der Waals surface area contributed by atoms with Crippen LogP contribution in [0, 0.1) is 11.3 Å². The molecule has 0 aliphatic rings. The van der Waals surface area contributed by atoms with Crippen LogP contribution in [0.3, 0.4) is 0 Å². The number of anilines is 3. The molecule has 7 heteroatoms. The average molecular weight is 265 g/mol. The molecule has 3 rings (SSSR count). The van der Waals surface area contributed by atoms with Gasteiger partial charge in [-0.05, 0) is 24.3 Å². The van der Waals surface area contributed by atoms with Gasteiger partial charge < -0.3 is 10.6 Å². The van der Waals surface area contributed by atoms with E-state index in [9.17, 15) is 0 Å². The molecule has 7 nitrogen and oxygen atoms in total. The topological polar surface area (TPSA) is 102 Å². The Morgan fingerprint density at radius 3 is 2.70 bits per heavy atom. The van der Waals surface area contributed by atoms with Gasteiger partial charge in [-0.2, -0.15) is 20.3 Å². The Labute approximate surface area is 114 Å². The smallest absolute Gasteiger partial charge is 0.226 e. The van der Waals surface area contributed by atoms with Crippen molar-refractivity contribution in [1.29, 1.82) is 5.26 Å². The van der Waals surface area contributed by atoms with Gasteiger partial charge in [0.1, 0.15) is 5.82 Å². The lowest BCUT2D eigenvalue weighted by Gasteiger charge is -2.08. The van der Waals surface area contributed by atoms with Crippen LogP contribution in [0.2, 0.25) is 0 Å². The van der Waals surface area contributed by atoms with E-state index in [2.05, 4.69) is 36.9 Å². The Morgan fingerprint density at radius 1 is 1.20 bits per heavy atom. The fourth-order valence-electron chi connectivity index (χ4n) is 1.81. The van der Waals surface area contributed by atoms with Crippen molar-refractivity contribution in [2.24, 2.45) is 0 Å². The molecule has 20 heavy (non-hydrogen) atoms. The second-order valence-electron chi connectivity index (χ2n) is 4.09. The van der Waals surface area contributed by atoms with Crippen molar-refractivity contribution in [3.63, 3.8) is 0 Å². The van der Waals surface area contributed by atoms with Gasteiger partial charge in [0.25, 0.3) is 0 Å². The number of nitriles is 1. The lowest BCUT2D eigenvalue weighted by molar-refractivity contribution is 1.09. The number of H-pyrrole nitrogens is 1. The third kappa shape index (κ3) is 2.10. The third-order valence-corrected chi connectivity index (χ3v) is 2.81. The average Bonchev–Trinajstić information content (AvgIpc) is 2.96. The summed E-state index contributed by atoms with van der Waals surface area (Å²) in [7, 11) is 1.75. The highest BCUT2D eigenvalue weighted by Crippen LogP contribution is 2.23. The zero-order valence-electron chi connectivity index (χ0n) is 10.7. The Balaban J connectivity index is 2.00. The summed E-state index contributed by atoms with van der Waals surface area (Å²) in [6.45, 7) is 0. The molecule has 1 aromatic carbocycles. The van der Waals surface area contributed by atoms with Gasteiger partial charge >= 0.3 is 0 Å². The quantitative estimate of drug-likeness (QED) is 0.669. The molecule has 0 saturated carbocycles. The van der Waals surface area contributed by atoms with Gasteiger partial charge in [0, 0.05) is 12.7 Å². The maximum atomic E-state index is 8.79. The highest BCUT2D eigenvalue weighted by atomic mass is 15.2. The van der Waals surface area contributed by atoms with Crippen molar-refractivity contribution in [2.75, 3.05) is 17.7 Å². The van der Waals surface area contributed by atoms with Gasteiger partial charge in [-0.15, -0.1) is 0 Å². The van der Waals surface area contributed by atoms with Crippen molar-refractivity contribution in [3.05, 3.63) is 36.0 Å². The Kier molecular flexibility index (Phi) is 2.89. The highest BCUT2D eigenvalue weighted by molar-refractivity contribution is 5.89. The first-order valence-corrected chi connectivity index (χ1v) is 5.96. The Hall–Kier alpha value is -3.14. The van der Waals surface area contributed by atoms with Crippen LogP contribution in [0.5, 0.6) is 0 Å². The predicted octanol–water partition coefficient (Wildman–Crippen LogP) is 2.01. The molecule has 3 N–H and O–H groups in total. The number of hydrogen-bond donors (Lipinski definition) is 3. The number of hydrogen-bond acceptors (Lipinski definition) is 6. The number of rotatable bonds is 3. The van der Waals surface area contributed by atoms with Gasteiger partial charge in [-0.3, -0.25) is 5.10 Å². The number of fused-ring (bicyclic) bond motifs is 1. The van der Waals surface area contributed by atoms with Crippen LogP contribution in [-0.2, 0) is 0 Å². The van der Waals surface area contributed by atoms with Crippen LogP contribution in [0.25, 0.3) is 11.0 Å². The molecular weight excluding hydrogens is 254 g/mol. The van der Waals surface area contributed by atoms with E-state index >= 15 is 0 Å². The molecule has 0 fully saturated rings. The van der Waals surface area contributed by atoms with E-state index in [0.29, 0.717) is 23.0 Å². The highest BCUT2D eigenvalue weighted by Gasteiger charge is 2.09. The van der Waals surface area contributed by atoms with Gasteiger partial charge in [-0.25, -0.2) is 0 Å². The minimum Gasteiger partial charge on any atom is -0.357 e. The summed E-state index contributed by atoms with van der Waals surface area (Å²) in [5.41, 5.74) is 2.11. The molecule has 0 saturated heterocycles. The molecule has 0 unspecified atom stereocenters. The van der Waals surface area contributed by atoms with E-state index in [1.165, 1.54) is 0 Å². The predicted molar refractivity (Wildman–Crippen MR) is 75.7 cm³/mol. The number of aromatic nitrogens is 4. The molecule has 0 aliphatic carbocycles. The zero-order valence-corrected chi connectivity index (χ0v) is 10.7. The summed E-state index contributed by atoms with van der Waals surface area (Å²) in [5.74, 6) is 1.15. The number of aromatic amines is 1. The van der Waals surface area contributed by atoms with Gasteiger partial charge in [-0.1, -0.05) is 0 Å². The van der Waals surface area contributed by atoms with E-state index in [1.807, 2.05) is 12.1 Å². The molecule has 0 aliphatic heterocycles. The largest absolute Gasteiger partial charge is 0.357 e. The lowest BCUT2D eigenvalue weighted by Crippen LogP contribution is -2.01. The summed E-state index contributed by atoms with van der Waals surface area (Å²) >= 11 is 0. The summed E-state index contributed by atoms with van der Waals surface area (Å²) in [6.07, 6.45) is 1.67. The molecule has 0 amide bonds. The van der Waals surface area contributed by atoms with Gasteiger partial charge in [0.2, 0.25) is 5.95 Å². The molecule has 3 aromatic rings. The molecule has 2 aromatic heterocycles. The molecular formula is C13H11N7. The van der Waals surface area contributed by atoms with E-state index in [4.69, 9.17) is 5.26 Å². The molecule has 0 spiro atoms. The Bertz CT molecular complexity index is 783. The van der Waals surface area contributed by atoms with Crippen LogP contribution in [0.1, 0.15) is 5.56 Å². The second-order valence-corrected chi connectivity index (χ2v) is 4.09. The second kappa shape index (κ2) is 4.85. The fourth-order valence-corrected chi connectivity index (χ4v) is 1.81. The van der Waals surface area contributed by atoms with Crippen molar-refractivity contribution in [2.45, 2.75) is 0 Å². The number of nitrogens with one attached hydrogen (secondary N) is 3. The van der Waals surface area contributed by atoms with Crippen LogP contribution < -0.4 is 10.6 Å². The van der Waals surface area contributed by atoms with Crippen LogP contribution >= 0.6 is 0 Å². The molecule has 2 heterocycles. The minimum absolute atomic E-state index is 0.498. The van der Waals surface area contributed by atoms with Crippen molar-refractivity contribution in [1.82, 2.24) is 20.2 Å². The first-order valence-electron chi connectivity index (χ1n) is 5.96. The van der Waals surface area contributed by atoms with Crippen molar-refractivity contribution >= 4 is 28.5 Å². The van der Waals surface area contributed by atoms with Crippen LogP contribution in [0.15, 0.2) is 30.5 Å². The monoisotopic (exact) mass is 265 g/mol. The maximum absolute atomic E-state index is 8.79. The van der Waals surface area contributed by atoms with Crippen molar-refractivity contribution in [3.8, 4) is 6.07 Å². The van der Waals surface area contributed by atoms with Crippen LogP contribution in [0.4, 0.5) is 17.5 Å². The number of benzene rings is 1. The van der Waals surface area contributed by atoms with Gasteiger partial charge in [0.05, 0.1) is 23.2 Å². The standard InChI is InChI=1S/C13H11N7/c1-15-13-18-11(10-7-16-20-12(10)19-13)17-9-4-2-8(6-14)3-5-9/h2-5,7H,1H3,(H3,15,16,17,18,19,20). The first-order chi connectivity index (χ1) is 9.80. The zero-order chi connectivity index (χ0) is 13.9. The Morgan fingerprint density at radius 2 is 2.00 bits per heavy atom. The number of nitrogens with zero attached hydrogens (tertiary/aromatic N) is 4. The summed E-state index contributed by atoms with van der Waals surface area (Å²) < 4.78 is 0. The van der Waals surface area contributed by atoms with E-state index in [0.717, 1.165) is 11.1 Å². The summed E-state index contributed by atoms with van der Waals surface area (Å²) in [4.78, 5) is 8.63. The van der Waals surface area contributed by atoms with Gasteiger partial charge in [0.15, 0.2) is 5.65 Å². The lowest BCUT2D eigenvalue weighted by atomic mass is 10.2. The molecule has 0 radical (unpaired) electrons. The minimum atomic E-state index is 0.498. The SMILES string of the molecule is CNc1nc(Nc2ccc(C#N)cc2)c2cn[nH]c2n1. The molecule has 0 bridgehead atoms. The van der Waals surface area contributed by atoms with E-state index < -0.39 is 0 Å². The fraction of sp³-hybridized carbons (Fsp3) is 0.0769. The summed E-state index contributed by atoms with van der Waals surface area (Å²) in [6, 6.07) is 9.22. The molecule has 0 atom stereocenters. The van der Waals surface area contributed by atoms with E-state index in [-0.39, 0.29) is 0 Å². The van der Waals surface area contributed by atoms with E-state index in [1.54, 1.807) is 25.4 Å². The first kappa shape index (κ1) is 11.9. The van der Waals surface area contributed by atoms with Crippen LogP contribution in [-0.4, -0.2) is 27.2 Å². The third-order valence-electron chi connectivity index (χ3n) is 2.81.